The molecule has 0 spiro atoms. The highest BCUT2D eigenvalue weighted by Crippen LogP contribution is 2.36. The van der Waals surface area contributed by atoms with Gasteiger partial charge in [0.25, 0.3) is 5.91 Å². The van der Waals surface area contributed by atoms with Crippen LogP contribution in [-0.2, 0) is 6.18 Å². The fourth-order valence-corrected chi connectivity index (χ4v) is 3.39. The number of aromatic nitrogens is 7. The van der Waals surface area contributed by atoms with Gasteiger partial charge in [0.2, 0.25) is 0 Å². The molecule has 1 N–H and O–H groups in total. The van der Waals surface area contributed by atoms with Gasteiger partial charge in [-0.1, -0.05) is 5.92 Å². The van der Waals surface area contributed by atoms with Gasteiger partial charge in [-0.15, -0.1) is 11.2 Å². The quantitative estimate of drug-likeness (QED) is 0.416. The average molecular weight is 517 g/mol. The summed E-state index contributed by atoms with van der Waals surface area (Å²) in [5.41, 5.74) is -1.06. The van der Waals surface area contributed by atoms with Crippen LogP contribution in [-0.4, -0.2) is 40.6 Å². The minimum absolute atomic E-state index is 0.0845. The SMILES string of the molecule is C#Cc1cc(NC(=O)c2cnn(-c3ccnc(C)c3Br)c2C(F)(F)F)cnc1-n1nccn1. The number of terminal acetylenes is 1. The highest BCUT2D eigenvalue weighted by atomic mass is 79.9. The molecule has 0 saturated heterocycles. The zero-order chi connectivity index (χ0) is 23.8. The van der Waals surface area contributed by atoms with E-state index < -0.39 is 23.3 Å². The maximum atomic E-state index is 14.0. The fraction of sp³-hybridized carbons (Fsp3) is 0.100. The molecule has 0 atom stereocenters. The van der Waals surface area contributed by atoms with Crippen molar-refractivity contribution in [3.63, 3.8) is 0 Å². The first-order chi connectivity index (χ1) is 15.7. The Kier molecular flexibility index (Phi) is 5.69. The standard InChI is InChI=1S/C20H12BrF3N8O/c1-3-12-8-13(9-26-18(12)32-27-6-7-28-32)30-19(33)14-10-29-31(17(14)20(22,23)24)15-4-5-25-11(2)16(15)21/h1,4-10H,2H3,(H,30,33). The van der Waals surface area contributed by atoms with Crippen molar-refractivity contribution in [3.05, 3.63) is 70.1 Å². The molecule has 0 unspecified atom stereocenters. The number of carbonyl (C=O) groups is 1. The van der Waals surface area contributed by atoms with E-state index in [1.807, 2.05) is 0 Å². The number of aryl methyl sites for hydroxylation is 1. The van der Waals surface area contributed by atoms with Crippen LogP contribution in [0.1, 0.15) is 27.3 Å². The Hall–Kier alpha value is -4.05. The van der Waals surface area contributed by atoms with Crippen molar-refractivity contribution in [1.82, 2.24) is 34.7 Å². The summed E-state index contributed by atoms with van der Waals surface area (Å²) in [7, 11) is 0. The number of nitrogens with one attached hydrogen (secondary N) is 1. The van der Waals surface area contributed by atoms with Crippen LogP contribution in [0.4, 0.5) is 18.9 Å². The Labute approximate surface area is 192 Å². The number of pyridine rings is 2. The number of nitrogens with zero attached hydrogens (tertiary/aromatic N) is 7. The van der Waals surface area contributed by atoms with Crippen LogP contribution >= 0.6 is 15.9 Å². The summed E-state index contributed by atoms with van der Waals surface area (Å²) < 4.78 is 42.8. The molecule has 0 aliphatic rings. The van der Waals surface area contributed by atoms with Crippen molar-refractivity contribution in [2.75, 3.05) is 5.32 Å². The van der Waals surface area contributed by atoms with E-state index in [-0.39, 0.29) is 22.8 Å². The Morgan fingerprint density at radius 2 is 1.88 bits per heavy atom. The highest BCUT2D eigenvalue weighted by Gasteiger charge is 2.41. The van der Waals surface area contributed by atoms with E-state index in [1.165, 1.54) is 41.7 Å². The van der Waals surface area contributed by atoms with Crippen LogP contribution in [0.2, 0.25) is 0 Å². The summed E-state index contributed by atoms with van der Waals surface area (Å²) in [6.07, 6.45) is 6.90. The molecule has 166 valence electrons. The first-order valence-corrected chi connectivity index (χ1v) is 9.91. The lowest BCUT2D eigenvalue weighted by molar-refractivity contribution is -0.143. The lowest BCUT2D eigenvalue weighted by atomic mass is 10.2. The smallest absolute Gasteiger partial charge is 0.320 e. The normalized spacial score (nSPS) is 11.3. The molecule has 0 saturated carbocycles. The molecular formula is C20H12BrF3N8O. The van der Waals surface area contributed by atoms with E-state index in [1.54, 1.807) is 6.92 Å². The minimum Gasteiger partial charge on any atom is -0.320 e. The second kappa shape index (κ2) is 8.47. The first kappa shape index (κ1) is 22.2. The van der Waals surface area contributed by atoms with Crippen molar-refractivity contribution < 1.29 is 18.0 Å². The van der Waals surface area contributed by atoms with E-state index in [0.717, 1.165) is 6.20 Å². The lowest BCUT2D eigenvalue weighted by Gasteiger charge is -2.14. The molecule has 4 rings (SSSR count). The van der Waals surface area contributed by atoms with Gasteiger partial charge in [0.1, 0.15) is 0 Å². The van der Waals surface area contributed by atoms with Gasteiger partial charge in [-0.05, 0) is 35.0 Å². The van der Waals surface area contributed by atoms with Crippen LogP contribution in [0.3, 0.4) is 0 Å². The zero-order valence-electron chi connectivity index (χ0n) is 16.7. The Morgan fingerprint density at radius 3 is 2.55 bits per heavy atom. The second-order valence-electron chi connectivity index (χ2n) is 6.56. The van der Waals surface area contributed by atoms with Crippen LogP contribution < -0.4 is 5.32 Å². The monoisotopic (exact) mass is 516 g/mol. The van der Waals surface area contributed by atoms with Crippen molar-refractivity contribution in [2.45, 2.75) is 13.1 Å². The van der Waals surface area contributed by atoms with E-state index in [2.05, 4.69) is 52.4 Å². The van der Waals surface area contributed by atoms with Gasteiger partial charge >= 0.3 is 6.18 Å². The number of anilines is 1. The number of carbonyl (C=O) groups excluding carboxylic acids is 1. The van der Waals surface area contributed by atoms with Crippen molar-refractivity contribution in [1.29, 1.82) is 0 Å². The third-order valence-corrected chi connectivity index (χ3v) is 5.42. The molecular weight excluding hydrogens is 505 g/mol. The number of halogens is 4. The summed E-state index contributed by atoms with van der Waals surface area (Å²) in [6, 6.07) is 2.73. The van der Waals surface area contributed by atoms with Gasteiger partial charge in [0.15, 0.2) is 11.5 Å². The molecule has 33 heavy (non-hydrogen) atoms. The molecule has 0 aromatic carbocycles. The third-order valence-electron chi connectivity index (χ3n) is 4.44. The molecule has 0 fully saturated rings. The molecule has 0 radical (unpaired) electrons. The highest BCUT2D eigenvalue weighted by molar-refractivity contribution is 9.10. The van der Waals surface area contributed by atoms with E-state index in [4.69, 9.17) is 6.42 Å². The summed E-state index contributed by atoms with van der Waals surface area (Å²) in [4.78, 5) is 22.1. The number of alkyl halides is 3. The molecule has 4 heterocycles. The fourth-order valence-electron chi connectivity index (χ4n) is 2.98. The maximum Gasteiger partial charge on any atom is 0.434 e. The summed E-state index contributed by atoms with van der Waals surface area (Å²) in [5, 5.41) is 14.1. The lowest BCUT2D eigenvalue weighted by Crippen LogP contribution is -2.21. The number of amides is 1. The predicted molar refractivity (Wildman–Crippen MR) is 114 cm³/mol. The summed E-state index contributed by atoms with van der Waals surface area (Å²) in [5.74, 6) is 1.58. The molecule has 4 aromatic heterocycles. The molecule has 0 aliphatic heterocycles. The molecule has 0 aliphatic carbocycles. The predicted octanol–water partition coefficient (Wildman–Crippen LogP) is 3.57. The summed E-state index contributed by atoms with van der Waals surface area (Å²) >= 11 is 3.23. The van der Waals surface area contributed by atoms with Gasteiger partial charge in [-0.25, -0.2) is 9.67 Å². The van der Waals surface area contributed by atoms with Crippen LogP contribution in [0.15, 0.2) is 47.6 Å². The van der Waals surface area contributed by atoms with Gasteiger partial charge in [0.05, 0.1) is 57.5 Å². The van der Waals surface area contributed by atoms with Gasteiger partial charge < -0.3 is 5.32 Å². The van der Waals surface area contributed by atoms with Gasteiger partial charge in [-0.2, -0.15) is 28.5 Å². The van der Waals surface area contributed by atoms with E-state index in [0.29, 0.717) is 14.8 Å². The van der Waals surface area contributed by atoms with Gasteiger partial charge in [-0.3, -0.25) is 9.78 Å². The largest absolute Gasteiger partial charge is 0.434 e. The third kappa shape index (κ3) is 4.20. The van der Waals surface area contributed by atoms with Crippen LogP contribution in [0, 0.1) is 19.3 Å². The summed E-state index contributed by atoms with van der Waals surface area (Å²) in [6.45, 7) is 1.62. The number of hydrogen-bond donors (Lipinski definition) is 1. The second-order valence-corrected chi connectivity index (χ2v) is 7.35. The van der Waals surface area contributed by atoms with Crippen LogP contribution in [0.5, 0.6) is 0 Å². The molecule has 4 aromatic rings. The number of rotatable bonds is 4. The average Bonchev–Trinajstić information content (AvgIpc) is 3.45. The topological polar surface area (TPSA) is 103 Å². The van der Waals surface area contributed by atoms with E-state index in [9.17, 15) is 18.0 Å². The van der Waals surface area contributed by atoms with Crippen LogP contribution in [0.25, 0.3) is 11.5 Å². The molecule has 0 bridgehead atoms. The molecule has 1 amide bonds. The first-order valence-electron chi connectivity index (χ1n) is 9.12. The van der Waals surface area contributed by atoms with E-state index >= 15 is 0 Å². The zero-order valence-corrected chi connectivity index (χ0v) is 18.3. The molecule has 9 nitrogen and oxygen atoms in total. The number of hydrogen-bond acceptors (Lipinski definition) is 6. The Morgan fingerprint density at radius 1 is 1.15 bits per heavy atom. The van der Waals surface area contributed by atoms with Gasteiger partial charge in [0, 0.05) is 6.20 Å². The van der Waals surface area contributed by atoms with Crippen molar-refractivity contribution >= 4 is 27.5 Å². The molecule has 13 heteroatoms. The maximum absolute atomic E-state index is 14.0. The Balaban J connectivity index is 1.72. The van der Waals surface area contributed by atoms with Crippen molar-refractivity contribution in [2.24, 2.45) is 0 Å². The van der Waals surface area contributed by atoms with Crippen molar-refractivity contribution in [3.8, 4) is 23.8 Å². The minimum atomic E-state index is -4.88. The Bertz CT molecular complexity index is 1390.